The molecule has 96 valence electrons. The minimum atomic E-state index is 0.535. The fraction of sp³-hybridized carbons (Fsp3) is 1.00. The van der Waals surface area contributed by atoms with E-state index in [1.165, 1.54) is 25.7 Å². The lowest BCUT2D eigenvalue weighted by Gasteiger charge is -2.18. The zero-order valence-electron chi connectivity index (χ0n) is 10.8. The van der Waals surface area contributed by atoms with Crippen LogP contribution in [0.15, 0.2) is 0 Å². The van der Waals surface area contributed by atoms with Gasteiger partial charge in [0.05, 0.1) is 19.8 Å². The fourth-order valence-electron chi connectivity index (χ4n) is 2.03. The maximum atomic E-state index is 5.79. The molecule has 0 amide bonds. The molecule has 16 heavy (non-hydrogen) atoms. The van der Waals surface area contributed by atoms with E-state index in [2.05, 4.69) is 19.2 Å². The van der Waals surface area contributed by atoms with Crippen molar-refractivity contribution in [2.75, 3.05) is 33.0 Å². The Morgan fingerprint density at radius 3 is 2.88 bits per heavy atom. The molecule has 1 aliphatic heterocycles. The van der Waals surface area contributed by atoms with Crippen molar-refractivity contribution < 1.29 is 9.47 Å². The van der Waals surface area contributed by atoms with E-state index in [1.54, 1.807) is 0 Å². The highest BCUT2D eigenvalue weighted by Gasteiger charge is 2.16. The van der Waals surface area contributed by atoms with Gasteiger partial charge in [-0.1, -0.05) is 20.3 Å². The summed E-state index contributed by atoms with van der Waals surface area (Å²) in [6.45, 7) is 9.05. The van der Waals surface area contributed by atoms with Crippen LogP contribution in [0.3, 0.4) is 0 Å². The van der Waals surface area contributed by atoms with Crippen LogP contribution in [0.4, 0.5) is 0 Å². The van der Waals surface area contributed by atoms with E-state index in [1.807, 2.05) is 0 Å². The van der Waals surface area contributed by atoms with Gasteiger partial charge in [-0.2, -0.15) is 0 Å². The molecule has 0 aliphatic carbocycles. The molecule has 0 aromatic heterocycles. The van der Waals surface area contributed by atoms with Gasteiger partial charge in [-0.3, -0.25) is 0 Å². The maximum Gasteiger partial charge on any atom is 0.0619 e. The molecule has 0 radical (unpaired) electrons. The lowest BCUT2D eigenvalue weighted by Crippen LogP contribution is -2.34. The SMILES string of the molecule is CCCNC(CCC)COCC1CCOC1. The van der Waals surface area contributed by atoms with Gasteiger partial charge in [0.1, 0.15) is 0 Å². The molecule has 1 aliphatic rings. The summed E-state index contributed by atoms with van der Waals surface area (Å²) in [4.78, 5) is 0. The van der Waals surface area contributed by atoms with E-state index < -0.39 is 0 Å². The summed E-state index contributed by atoms with van der Waals surface area (Å²) >= 11 is 0. The molecule has 1 fully saturated rings. The zero-order valence-corrected chi connectivity index (χ0v) is 10.8. The fourth-order valence-corrected chi connectivity index (χ4v) is 2.03. The Bertz CT molecular complexity index is 158. The number of nitrogens with one attached hydrogen (secondary N) is 1. The number of ether oxygens (including phenoxy) is 2. The Balaban J connectivity index is 2.05. The Labute approximate surface area is 99.9 Å². The first kappa shape index (κ1) is 13.9. The zero-order chi connectivity index (χ0) is 11.6. The van der Waals surface area contributed by atoms with Crippen molar-refractivity contribution in [2.45, 2.75) is 45.6 Å². The average molecular weight is 229 g/mol. The van der Waals surface area contributed by atoms with E-state index >= 15 is 0 Å². The topological polar surface area (TPSA) is 30.5 Å². The lowest BCUT2D eigenvalue weighted by molar-refractivity contribution is 0.0727. The average Bonchev–Trinajstić information content (AvgIpc) is 2.79. The molecule has 3 nitrogen and oxygen atoms in total. The summed E-state index contributed by atoms with van der Waals surface area (Å²) in [5.41, 5.74) is 0. The highest BCUT2D eigenvalue weighted by atomic mass is 16.5. The van der Waals surface area contributed by atoms with Crippen LogP contribution in [0.1, 0.15) is 39.5 Å². The second-order valence-corrected chi connectivity index (χ2v) is 4.71. The van der Waals surface area contributed by atoms with Gasteiger partial charge in [0.15, 0.2) is 0 Å². The Kier molecular flexibility index (Phi) is 7.81. The largest absolute Gasteiger partial charge is 0.381 e. The minimum Gasteiger partial charge on any atom is -0.381 e. The van der Waals surface area contributed by atoms with Gasteiger partial charge in [0, 0.05) is 18.6 Å². The maximum absolute atomic E-state index is 5.79. The predicted molar refractivity (Wildman–Crippen MR) is 66.7 cm³/mol. The van der Waals surface area contributed by atoms with E-state index in [-0.39, 0.29) is 0 Å². The Morgan fingerprint density at radius 2 is 2.25 bits per heavy atom. The second kappa shape index (κ2) is 8.97. The third-order valence-electron chi connectivity index (χ3n) is 3.02. The normalized spacial score (nSPS) is 22.5. The first-order chi connectivity index (χ1) is 7.86. The molecule has 2 atom stereocenters. The molecule has 0 bridgehead atoms. The van der Waals surface area contributed by atoms with Crippen molar-refractivity contribution in [2.24, 2.45) is 5.92 Å². The molecule has 1 heterocycles. The van der Waals surface area contributed by atoms with E-state index in [4.69, 9.17) is 9.47 Å². The summed E-state index contributed by atoms with van der Waals surface area (Å²) in [6, 6.07) is 0.535. The van der Waals surface area contributed by atoms with Gasteiger partial charge in [-0.15, -0.1) is 0 Å². The molecule has 1 N–H and O–H groups in total. The van der Waals surface area contributed by atoms with Gasteiger partial charge in [0.25, 0.3) is 0 Å². The second-order valence-electron chi connectivity index (χ2n) is 4.71. The van der Waals surface area contributed by atoms with Crippen molar-refractivity contribution in [3.63, 3.8) is 0 Å². The summed E-state index contributed by atoms with van der Waals surface area (Å²) < 4.78 is 11.1. The Hall–Kier alpha value is -0.120. The summed E-state index contributed by atoms with van der Waals surface area (Å²) in [5.74, 6) is 0.633. The summed E-state index contributed by atoms with van der Waals surface area (Å²) in [5, 5.41) is 3.54. The molecule has 3 heteroatoms. The quantitative estimate of drug-likeness (QED) is 0.657. The van der Waals surface area contributed by atoms with Crippen LogP contribution in [0.2, 0.25) is 0 Å². The van der Waals surface area contributed by atoms with Crippen molar-refractivity contribution in [1.29, 1.82) is 0 Å². The lowest BCUT2D eigenvalue weighted by atomic mass is 10.1. The van der Waals surface area contributed by atoms with Crippen LogP contribution in [0.25, 0.3) is 0 Å². The van der Waals surface area contributed by atoms with Gasteiger partial charge in [-0.25, -0.2) is 0 Å². The van der Waals surface area contributed by atoms with E-state index in [9.17, 15) is 0 Å². The third-order valence-corrected chi connectivity index (χ3v) is 3.02. The Morgan fingerprint density at radius 1 is 1.38 bits per heavy atom. The molecular weight excluding hydrogens is 202 g/mol. The van der Waals surface area contributed by atoms with Crippen molar-refractivity contribution in [3.8, 4) is 0 Å². The van der Waals surface area contributed by atoms with Gasteiger partial charge < -0.3 is 14.8 Å². The van der Waals surface area contributed by atoms with Gasteiger partial charge in [0.2, 0.25) is 0 Å². The minimum absolute atomic E-state index is 0.535. The number of hydrogen-bond acceptors (Lipinski definition) is 3. The van der Waals surface area contributed by atoms with Crippen molar-refractivity contribution >= 4 is 0 Å². The van der Waals surface area contributed by atoms with Crippen LogP contribution in [0.5, 0.6) is 0 Å². The molecule has 1 rings (SSSR count). The molecule has 2 unspecified atom stereocenters. The highest BCUT2D eigenvalue weighted by molar-refractivity contribution is 4.67. The van der Waals surface area contributed by atoms with Crippen LogP contribution in [0, 0.1) is 5.92 Å². The van der Waals surface area contributed by atoms with Crippen molar-refractivity contribution in [1.82, 2.24) is 5.32 Å². The standard InChI is InChI=1S/C13H27NO2/c1-3-5-13(14-7-4-2)11-16-10-12-6-8-15-9-12/h12-14H,3-11H2,1-2H3. The molecular formula is C13H27NO2. The van der Waals surface area contributed by atoms with Crippen molar-refractivity contribution in [3.05, 3.63) is 0 Å². The van der Waals surface area contributed by atoms with Gasteiger partial charge in [-0.05, 0) is 25.8 Å². The molecule has 0 spiro atoms. The van der Waals surface area contributed by atoms with Crippen LogP contribution >= 0.6 is 0 Å². The van der Waals surface area contributed by atoms with Crippen LogP contribution in [-0.4, -0.2) is 39.0 Å². The molecule has 0 saturated carbocycles. The third kappa shape index (κ3) is 5.83. The van der Waals surface area contributed by atoms with Crippen LogP contribution in [-0.2, 0) is 9.47 Å². The summed E-state index contributed by atoms with van der Waals surface area (Å²) in [6.07, 6.45) is 4.79. The number of rotatable bonds is 9. The number of hydrogen-bond donors (Lipinski definition) is 1. The van der Waals surface area contributed by atoms with Gasteiger partial charge >= 0.3 is 0 Å². The first-order valence-electron chi connectivity index (χ1n) is 6.75. The van der Waals surface area contributed by atoms with E-state index in [0.29, 0.717) is 12.0 Å². The highest BCUT2D eigenvalue weighted by Crippen LogP contribution is 2.12. The smallest absolute Gasteiger partial charge is 0.0619 e. The van der Waals surface area contributed by atoms with Crippen LogP contribution < -0.4 is 5.32 Å². The first-order valence-corrected chi connectivity index (χ1v) is 6.75. The molecule has 0 aromatic carbocycles. The predicted octanol–water partition coefficient (Wildman–Crippen LogP) is 2.21. The molecule has 1 saturated heterocycles. The molecule has 0 aromatic rings. The monoisotopic (exact) mass is 229 g/mol. The van der Waals surface area contributed by atoms with E-state index in [0.717, 1.165) is 33.0 Å². The summed E-state index contributed by atoms with van der Waals surface area (Å²) in [7, 11) is 0.